The van der Waals surface area contributed by atoms with Crippen LogP contribution in [0, 0.1) is 30.2 Å². The number of nitrogens with zero attached hydrogens (tertiary/aromatic N) is 1. The summed E-state index contributed by atoms with van der Waals surface area (Å²) in [5.74, 6) is 0.547. The quantitative estimate of drug-likeness (QED) is 0.0608. The summed E-state index contributed by atoms with van der Waals surface area (Å²) >= 11 is 1.82. The molecular formula is C47H58IrNO3SSi-. The van der Waals surface area contributed by atoms with Crippen LogP contribution >= 0.6 is 11.3 Å². The summed E-state index contributed by atoms with van der Waals surface area (Å²) in [7, 11) is -1.44. The van der Waals surface area contributed by atoms with E-state index >= 15 is 0 Å². The van der Waals surface area contributed by atoms with Crippen LogP contribution in [0.15, 0.2) is 83.1 Å². The molecule has 0 saturated heterocycles. The summed E-state index contributed by atoms with van der Waals surface area (Å²) in [4.78, 5) is 17.9. The van der Waals surface area contributed by atoms with Crippen molar-refractivity contribution in [3.05, 3.63) is 95.9 Å². The zero-order valence-electron chi connectivity index (χ0n) is 34.1. The van der Waals surface area contributed by atoms with Crippen molar-refractivity contribution in [2.24, 2.45) is 17.3 Å². The Bertz CT molecular complexity index is 2230. The molecule has 4 nitrogen and oxygen atoms in total. The number of hydrogen-bond acceptors (Lipinski definition) is 5. The number of aliphatic hydroxyl groups is 1. The van der Waals surface area contributed by atoms with E-state index in [0.717, 1.165) is 65.3 Å². The predicted molar refractivity (Wildman–Crippen MR) is 231 cm³/mol. The van der Waals surface area contributed by atoms with Gasteiger partial charge in [0.2, 0.25) is 0 Å². The number of hydrogen-bond donors (Lipinski definition) is 1. The fourth-order valence-corrected chi connectivity index (χ4v) is 9.60. The minimum absolute atomic E-state index is 0. The van der Waals surface area contributed by atoms with E-state index in [1.165, 1.54) is 42.9 Å². The summed E-state index contributed by atoms with van der Waals surface area (Å²) in [5, 5.41) is 14.7. The number of fused-ring (bicyclic) bond motifs is 4. The molecule has 3 aromatic heterocycles. The van der Waals surface area contributed by atoms with Gasteiger partial charge in [-0.05, 0) is 78.7 Å². The van der Waals surface area contributed by atoms with E-state index in [2.05, 4.69) is 108 Å². The number of carbonyl (C=O) groups is 1. The van der Waals surface area contributed by atoms with Gasteiger partial charge >= 0.3 is 0 Å². The fourth-order valence-electron chi connectivity index (χ4n) is 7.15. The second-order valence-electron chi connectivity index (χ2n) is 16.7. The maximum absolute atomic E-state index is 11.7. The summed E-state index contributed by atoms with van der Waals surface area (Å²) in [6, 6.07) is 25.6. The number of rotatable bonds is 11. The van der Waals surface area contributed by atoms with Crippen LogP contribution in [0.1, 0.15) is 85.3 Å². The van der Waals surface area contributed by atoms with Gasteiger partial charge in [0.15, 0.2) is 5.78 Å². The number of aryl methyl sites for hydroxylation is 1. The smallest absolute Gasteiger partial charge is 0.162 e. The second-order valence-corrected chi connectivity index (χ2v) is 22.8. The Morgan fingerprint density at radius 1 is 0.907 bits per heavy atom. The SMILES string of the molecule is CCC(CC)C(=O)/C=C(\O)C(CC)CC.Cc1c(-c2ccc(CC(C)(C)C)cc2)sc2c(-c3[c-]ccc4c3oc3cc([Si](C)(C)C)ccc34)nccc12.[Ir]. The Kier molecular flexibility index (Phi) is 14.5. The zero-order valence-corrected chi connectivity index (χ0v) is 38.3. The van der Waals surface area contributed by atoms with Crippen molar-refractivity contribution in [1.82, 2.24) is 4.98 Å². The molecule has 6 rings (SSSR count). The molecule has 0 saturated carbocycles. The van der Waals surface area contributed by atoms with E-state index in [0.29, 0.717) is 0 Å². The van der Waals surface area contributed by atoms with Crippen molar-refractivity contribution < 1.29 is 34.4 Å². The predicted octanol–water partition coefficient (Wildman–Crippen LogP) is 13.6. The molecule has 54 heavy (non-hydrogen) atoms. The Hall–Kier alpha value is -3.35. The molecule has 289 valence electrons. The fraction of sp³-hybridized carbons (Fsp3) is 0.404. The Balaban J connectivity index is 0.000000347. The van der Waals surface area contributed by atoms with Gasteiger partial charge in [0, 0.05) is 64.9 Å². The molecule has 0 bridgehead atoms. The van der Waals surface area contributed by atoms with Crippen molar-refractivity contribution in [2.45, 2.75) is 107 Å². The minimum Gasteiger partial charge on any atom is -0.512 e. The number of pyridine rings is 1. The number of carbonyl (C=O) groups excluding carboxylic acids is 1. The van der Waals surface area contributed by atoms with Crippen molar-refractivity contribution in [2.75, 3.05) is 0 Å². The number of thiophene rings is 1. The molecule has 0 amide bonds. The molecule has 0 unspecified atom stereocenters. The van der Waals surface area contributed by atoms with Crippen LogP contribution in [0.4, 0.5) is 0 Å². The third-order valence-electron chi connectivity index (χ3n) is 10.4. The summed E-state index contributed by atoms with van der Waals surface area (Å²) in [6.45, 7) is 24.3. The van der Waals surface area contributed by atoms with Crippen molar-refractivity contribution >= 4 is 62.4 Å². The molecule has 3 heterocycles. The number of furan rings is 1. The van der Waals surface area contributed by atoms with Gasteiger partial charge in [-0.25, -0.2) is 0 Å². The van der Waals surface area contributed by atoms with Crippen LogP contribution in [0.3, 0.4) is 0 Å². The van der Waals surface area contributed by atoms with Gasteiger partial charge in [0.05, 0.1) is 19.4 Å². The first-order valence-electron chi connectivity index (χ1n) is 19.4. The van der Waals surface area contributed by atoms with Gasteiger partial charge in [-0.15, -0.1) is 29.5 Å². The van der Waals surface area contributed by atoms with E-state index in [-0.39, 0.29) is 48.9 Å². The number of allylic oxidation sites excluding steroid dienone is 2. The van der Waals surface area contributed by atoms with E-state index in [9.17, 15) is 9.90 Å². The first kappa shape index (κ1) is 43.4. The van der Waals surface area contributed by atoms with Gasteiger partial charge in [-0.3, -0.25) is 4.79 Å². The van der Waals surface area contributed by atoms with E-state index in [4.69, 9.17) is 9.40 Å². The molecule has 1 radical (unpaired) electrons. The minimum atomic E-state index is -1.44. The monoisotopic (exact) mass is 937 g/mol. The topological polar surface area (TPSA) is 63.3 Å². The Morgan fingerprint density at radius 2 is 1.56 bits per heavy atom. The summed E-state index contributed by atoms with van der Waals surface area (Å²) in [6.07, 6.45) is 7.90. The molecule has 6 aromatic rings. The van der Waals surface area contributed by atoms with Crippen molar-refractivity contribution in [3.8, 4) is 21.7 Å². The molecule has 0 spiro atoms. The average molecular weight is 937 g/mol. The Morgan fingerprint density at radius 3 is 2.15 bits per heavy atom. The normalized spacial score (nSPS) is 12.4. The van der Waals surface area contributed by atoms with Gasteiger partial charge in [-0.2, -0.15) is 0 Å². The van der Waals surface area contributed by atoms with Crippen molar-refractivity contribution in [1.29, 1.82) is 0 Å². The van der Waals surface area contributed by atoms with E-state index in [1.54, 1.807) is 0 Å². The van der Waals surface area contributed by atoms with Gasteiger partial charge < -0.3 is 14.5 Å². The average Bonchev–Trinajstić information content (AvgIpc) is 3.66. The van der Waals surface area contributed by atoms with Gasteiger partial charge in [-0.1, -0.05) is 121 Å². The molecule has 0 aliphatic heterocycles. The summed E-state index contributed by atoms with van der Waals surface area (Å²) in [5.41, 5.74) is 7.92. The molecule has 0 aliphatic carbocycles. The number of aromatic nitrogens is 1. The largest absolute Gasteiger partial charge is 0.512 e. The molecule has 0 fully saturated rings. The molecule has 3 aromatic carbocycles. The standard InChI is InChI=1S/C34H34NOSSi.C13H24O2.Ir/c1-21-25-17-18-35-30(33(25)37-32(21)23-13-11-22(12-14-23)20-34(2,3)4)28-10-8-9-27-26-16-15-24(38(5,6)7)19-29(26)36-31(27)28;1-5-10(6-2)12(14)9-13(15)11(7-3)8-4;/h8-9,11-19H,20H2,1-7H3;9-11,14H,5-8H2,1-4H3;/q-1;;/b;12-9-;. The number of benzene rings is 3. The second kappa shape index (κ2) is 18.1. The first-order valence-corrected chi connectivity index (χ1v) is 23.7. The summed E-state index contributed by atoms with van der Waals surface area (Å²) < 4.78 is 7.74. The van der Waals surface area contributed by atoms with Crippen LogP contribution in [-0.4, -0.2) is 23.9 Å². The van der Waals surface area contributed by atoms with Gasteiger partial charge in [0.1, 0.15) is 5.58 Å². The van der Waals surface area contributed by atoms with Crippen LogP contribution in [0.25, 0.3) is 53.7 Å². The zero-order chi connectivity index (χ0) is 38.7. The van der Waals surface area contributed by atoms with Crippen LogP contribution in [-0.2, 0) is 31.3 Å². The Labute approximate surface area is 341 Å². The van der Waals surface area contributed by atoms with Crippen LogP contribution < -0.4 is 5.19 Å². The maximum atomic E-state index is 11.7. The third-order valence-corrected chi connectivity index (χ3v) is 13.8. The first-order chi connectivity index (χ1) is 25.1. The molecule has 0 atom stereocenters. The molecule has 1 N–H and O–H groups in total. The number of ketones is 1. The van der Waals surface area contributed by atoms with E-state index in [1.807, 2.05) is 51.3 Å². The molecule has 7 heteroatoms. The van der Waals surface area contributed by atoms with Crippen LogP contribution in [0.2, 0.25) is 19.6 Å². The third kappa shape index (κ3) is 9.71. The molecular weight excluding hydrogens is 879 g/mol. The number of aliphatic hydroxyl groups excluding tert-OH is 1. The van der Waals surface area contributed by atoms with Crippen LogP contribution in [0.5, 0.6) is 0 Å². The molecule has 0 aliphatic rings. The van der Waals surface area contributed by atoms with Gasteiger partial charge in [0.25, 0.3) is 0 Å². The van der Waals surface area contributed by atoms with Crippen molar-refractivity contribution in [3.63, 3.8) is 0 Å². The maximum Gasteiger partial charge on any atom is 0.162 e. The van der Waals surface area contributed by atoms with E-state index < -0.39 is 8.07 Å².